The first-order chi connectivity index (χ1) is 6.43. The van der Waals surface area contributed by atoms with Gasteiger partial charge in [-0.1, -0.05) is 30.3 Å². The van der Waals surface area contributed by atoms with Crippen molar-refractivity contribution < 1.29 is 4.84 Å². The van der Waals surface area contributed by atoms with Gasteiger partial charge in [-0.2, -0.15) is 5.48 Å². The molecule has 0 spiro atoms. The van der Waals surface area contributed by atoms with Gasteiger partial charge in [0, 0.05) is 12.9 Å². The maximum atomic E-state index is 4.99. The van der Waals surface area contributed by atoms with Crippen LogP contribution in [0.2, 0.25) is 0 Å². The fraction of sp³-hybridized carbons (Fsp3) is 0.400. The van der Waals surface area contributed by atoms with Gasteiger partial charge in [0.05, 0.1) is 6.61 Å². The molecule has 0 bridgehead atoms. The SMILES string of the molecule is CCONCc1ccccc1.CCl. The van der Waals surface area contributed by atoms with E-state index in [1.165, 1.54) is 11.9 Å². The van der Waals surface area contributed by atoms with Crippen LogP contribution in [0.25, 0.3) is 0 Å². The van der Waals surface area contributed by atoms with E-state index in [1.807, 2.05) is 25.1 Å². The van der Waals surface area contributed by atoms with Crippen LogP contribution in [0.4, 0.5) is 0 Å². The van der Waals surface area contributed by atoms with Crippen LogP contribution in [0, 0.1) is 0 Å². The van der Waals surface area contributed by atoms with Gasteiger partial charge in [-0.15, -0.1) is 11.6 Å². The molecular formula is C10H16ClNO. The second kappa shape index (κ2) is 9.52. The Kier molecular flexibility index (Phi) is 9.10. The molecule has 1 N–H and O–H groups in total. The zero-order valence-corrected chi connectivity index (χ0v) is 8.84. The van der Waals surface area contributed by atoms with Crippen LogP contribution in [0.5, 0.6) is 0 Å². The number of hydrogen-bond acceptors (Lipinski definition) is 2. The van der Waals surface area contributed by atoms with Gasteiger partial charge in [0.2, 0.25) is 0 Å². The van der Waals surface area contributed by atoms with Crippen LogP contribution in [-0.4, -0.2) is 13.0 Å². The molecule has 0 aliphatic rings. The van der Waals surface area contributed by atoms with Crippen molar-refractivity contribution in [1.29, 1.82) is 0 Å². The third kappa shape index (κ3) is 6.58. The van der Waals surface area contributed by atoms with Gasteiger partial charge in [0.25, 0.3) is 0 Å². The minimum Gasteiger partial charge on any atom is -0.302 e. The van der Waals surface area contributed by atoms with Gasteiger partial charge in [0.15, 0.2) is 0 Å². The van der Waals surface area contributed by atoms with Gasteiger partial charge in [-0.3, -0.25) is 0 Å². The van der Waals surface area contributed by atoms with Gasteiger partial charge in [-0.25, -0.2) is 0 Å². The number of rotatable bonds is 4. The van der Waals surface area contributed by atoms with Crippen molar-refractivity contribution in [3.8, 4) is 0 Å². The molecule has 74 valence electrons. The fourth-order valence-corrected chi connectivity index (χ4v) is 0.832. The number of alkyl halides is 1. The van der Waals surface area contributed by atoms with Gasteiger partial charge in [-0.05, 0) is 12.5 Å². The maximum Gasteiger partial charge on any atom is 0.0654 e. The molecule has 0 aliphatic heterocycles. The highest BCUT2D eigenvalue weighted by molar-refractivity contribution is 6.15. The van der Waals surface area contributed by atoms with E-state index in [9.17, 15) is 0 Å². The number of benzene rings is 1. The molecule has 1 aromatic rings. The van der Waals surface area contributed by atoms with Crippen molar-refractivity contribution >= 4 is 11.6 Å². The van der Waals surface area contributed by atoms with Crippen molar-refractivity contribution in [2.75, 3.05) is 13.0 Å². The molecule has 3 heteroatoms. The second-order valence-electron chi connectivity index (χ2n) is 2.24. The third-order valence-corrected chi connectivity index (χ3v) is 1.37. The van der Waals surface area contributed by atoms with Crippen LogP contribution in [0.3, 0.4) is 0 Å². The maximum absolute atomic E-state index is 4.99. The molecule has 0 aliphatic carbocycles. The van der Waals surface area contributed by atoms with Crippen molar-refractivity contribution in [3.63, 3.8) is 0 Å². The van der Waals surface area contributed by atoms with E-state index >= 15 is 0 Å². The smallest absolute Gasteiger partial charge is 0.0654 e. The zero-order chi connectivity index (χ0) is 9.94. The molecule has 0 aromatic heterocycles. The van der Waals surface area contributed by atoms with Crippen molar-refractivity contribution in [2.24, 2.45) is 0 Å². The lowest BCUT2D eigenvalue weighted by molar-refractivity contribution is 0.0463. The highest BCUT2D eigenvalue weighted by atomic mass is 35.5. The monoisotopic (exact) mass is 201 g/mol. The van der Waals surface area contributed by atoms with Gasteiger partial charge in [0.1, 0.15) is 0 Å². The summed E-state index contributed by atoms with van der Waals surface area (Å²) in [6.45, 7) is 3.43. The molecule has 13 heavy (non-hydrogen) atoms. The topological polar surface area (TPSA) is 21.3 Å². The molecule has 0 saturated heterocycles. The first-order valence-corrected chi connectivity index (χ1v) is 4.95. The molecule has 1 aromatic carbocycles. The van der Waals surface area contributed by atoms with E-state index < -0.39 is 0 Å². The Morgan fingerprint density at radius 2 is 1.85 bits per heavy atom. The Balaban J connectivity index is 0.000000671. The van der Waals surface area contributed by atoms with E-state index in [1.54, 1.807) is 0 Å². The van der Waals surface area contributed by atoms with Crippen LogP contribution >= 0.6 is 11.6 Å². The summed E-state index contributed by atoms with van der Waals surface area (Å²) in [6.07, 6.45) is 1.47. The summed E-state index contributed by atoms with van der Waals surface area (Å²) >= 11 is 4.64. The van der Waals surface area contributed by atoms with E-state index in [0.717, 1.165) is 6.54 Å². The number of hydroxylamine groups is 1. The minimum absolute atomic E-state index is 0.701. The van der Waals surface area contributed by atoms with Crippen LogP contribution in [-0.2, 0) is 11.4 Å². The predicted octanol–water partition coefficient (Wildman–Crippen LogP) is 2.58. The highest BCUT2D eigenvalue weighted by Gasteiger charge is 1.87. The Morgan fingerprint density at radius 1 is 1.23 bits per heavy atom. The van der Waals surface area contributed by atoms with E-state index in [2.05, 4.69) is 29.2 Å². The Morgan fingerprint density at radius 3 is 2.38 bits per heavy atom. The number of halogens is 1. The minimum atomic E-state index is 0.701. The summed E-state index contributed by atoms with van der Waals surface area (Å²) < 4.78 is 0. The van der Waals surface area contributed by atoms with Crippen LogP contribution < -0.4 is 5.48 Å². The Labute approximate surface area is 84.8 Å². The molecule has 0 unspecified atom stereocenters. The summed E-state index contributed by atoms with van der Waals surface area (Å²) in [5, 5.41) is 0. The quantitative estimate of drug-likeness (QED) is 0.459. The first kappa shape index (κ1) is 12.4. The highest BCUT2D eigenvalue weighted by Crippen LogP contribution is 1.96. The lowest BCUT2D eigenvalue weighted by Crippen LogP contribution is -2.13. The van der Waals surface area contributed by atoms with E-state index in [0.29, 0.717) is 6.61 Å². The molecule has 0 heterocycles. The summed E-state index contributed by atoms with van der Waals surface area (Å²) in [4.78, 5) is 4.99. The largest absolute Gasteiger partial charge is 0.302 e. The summed E-state index contributed by atoms with van der Waals surface area (Å²) in [7, 11) is 0. The lowest BCUT2D eigenvalue weighted by atomic mass is 10.2. The van der Waals surface area contributed by atoms with Gasteiger partial charge < -0.3 is 4.84 Å². The lowest BCUT2D eigenvalue weighted by Gasteiger charge is -2.02. The summed E-state index contributed by atoms with van der Waals surface area (Å²) in [5.41, 5.74) is 4.09. The fourth-order valence-electron chi connectivity index (χ4n) is 0.832. The Bertz CT molecular complexity index is 191. The summed E-state index contributed by atoms with van der Waals surface area (Å²) in [5.74, 6) is 0. The second-order valence-corrected chi connectivity index (χ2v) is 2.24. The van der Waals surface area contributed by atoms with E-state index in [4.69, 9.17) is 4.84 Å². The third-order valence-electron chi connectivity index (χ3n) is 1.37. The van der Waals surface area contributed by atoms with Crippen LogP contribution in [0.1, 0.15) is 12.5 Å². The molecule has 1 rings (SSSR count). The Hall–Kier alpha value is -0.570. The van der Waals surface area contributed by atoms with Crippen molar-refractivity contribution in [3.05, 3.63) is 35.9 Å². The molecule has 0 fully saturated rings. The predicted molar refractivity (Wildman–Crippen MR) is 56.7 cm³/mol. The van der Waals surface area contributed by atoms with Gasteiger partial charge >= 0.3 is 0 Å². The van der Waals surface area contributed by atoms with Crippen molar-refractivity contribution in [1.82, 2.24) is 5.48 Å². The molecular weight excluding hydrogens is 186 g/mol. The molecule has 0 saturated carbocycles. The average molecular weight is 202 g/mol. The molecule has 2 nitrogen and oxygen atoms in total. The zero-order valence-electron chi connectivity index (χ0n) is 8.09. The standard InChI is InChI=1S/C9H13NO.CH3Cl/c1-2-11-10-8-9-6-4-3-5-7-9;1-2/h3-7,10H,2,8H2,1H3;1H3. The number of nitrogens with one attached hydrogen (secondary N) is 1. The van der Waals surface area contributed by atoms with E-state index in [-0.39, 0.29) is 0 Å². The molecule has 0 amide bonds. The molecule has 0 radical (unpaired) electrons. The normalized spacial score (nSPS) is 8.85. The first-order valence-electron chi connectivity index (χ1n) is 4.20. The average Bonchev–Trinajstić information content (AvgIpc) is 2.23. The van der Waals surface area contributed by atoms with Crippen LogP contribution in [0.15, 0.2) is 30.3 Å². The van der Waals surface area contributed by atoms with Crippen molar-refractivity contribution in [2.45, 2.75) is 13.5 Å². The molecule has 0 atom stereocenters. The summed E-state index contributed by atoms with van der Waals surface area (Å²) in [6, 6.07) is 10.2. The number of hydrogen-bond donors (Lipinski definition) is 1.